The first-order valence-corrected chi connectivity index (χ1v) is 4.64. The first-order chi connectivity index (χ1) is 7.39. The third kappa shape index (κ3) is 4.02. The topological polar surface area (TPSA) is 26.0 Å². The smallest absolute Gasteiger partial charge is 0.320 e. The second-order valence-corrected chi connectivity index (χ2v) is 3.34. The highest BCUT2D eigenvalue weighted by Gasteiger charge is 2.35. The lowest BCUT2D eigenvalue weighted by atomic mass is 10.1. The van der Waals surface area contributed by atoms with Gasteiger partial charge in [0.05, 0.1) is 0 Å². The highest BCUT2D eigenvalue weighted by atomic mass is 19.4. The summed E-state index contributed by atoms with van der Waals surface area (Å²) in [6.07, 6.45) is -1.87. The zero-order chi connectivity index (χ0) is 12.2. The lowest BCUT2D eigenvalue weighted by molar-refractivity contribution is -0.146. The molecule has 1 atom stereocenters. The molecule has 0 aliphatic rings. The Hall–Kier alpha value is -1.36. The van der Waals surface area contributed by atoms with E-state index in [-0.39, 0.29) is 12.2 Å². The van der Waals surface area contributed by atoms with Gasteiger partial charge in [0, 0.05) is 0 Å². The van der Waals surface area contributed by atoms with E-state index in [4.69, 9.17) is 5.73 Å². The Balaban J connectivity index is 2.52. The summed E-state index contributed by atoms with van der Waals surface area (Å²) in [5.41, 5.74) is 5.54. The summed E-state index contributed by atoms with van der Waals surface area (Å²) in [5, 5.41) is 0. The van der Waals surface area contributed by atoms with Crippen molar-refractivity contribution in [1.29, 1.82) is 0 Å². The van der Waals surface area contributed by atoms with E-state index in [1.165, 1.54) is 36.4 Å². The van der Waals surface area contributed by atoms with Crippen LogP contribution in [0, 0.1) is 5.82 Å². The SMILES string of the molecule is NC(C/C=C/c1ccc(F)cc1)C(F)(F)F. The van der Waals surface area contributed by atoms with Crippen LogP contribution in [0.1, 0.15) is 12.0 Å². The van der Waals surface area contributed by atoms with E-state index in [0.29, 0.717) is 5.56 Å². The standard InChI is InChI=1S/C11H11F4N/c12-9-6-4-8(5-7-9)2-1-3-10(16)11(13,14)15/h1-2,4-7,10H,3,16H2/b2-1+. The number of benzene rings is 1. The molecular formula is C11H11F4N. The van der Waals surface area contributed by atoms with E-state index >= 15 is 0 Å². The second-order valence-electron chi connectivity index (χ2n) is 3.34. The molecule has 1 aromatic carbocycles. The van der Waals surface area contributed by atoms with E-state index in [2.05, 4.69) is 0 Å². The van der Waals surface area contributed by atoms with Gasteiger partial charge in [-0.1, -0.05) is 24.3 Å². The summed E-state index contributed by atoms with van der Waals surface area (Å²) in [6.45, 7) is 0. The Morgan fingerprint density at radius 2 is 1.75 bits per heavy atom. The summed E-state index contributed by atoms with van der Waals surface area (Å²) in [4.78, 5) is 0. The van der Waals surface area contributed by atoms with E-state index in [9.17, 15) is 17.6 Å². The number of nitrogens with two attached hydrogens (primary N) is 1. The lowest BCUT2D eigenvalue weighted by Crippen LogP contribution is -2.36. The molecule has 0 aliphatic heterocycles. The molecule has 0 amide bonds. The van der Waals surface area contributed by atoms with Gasteiger partial charge in [-0.2, -0.15) is 13.2 Å². The molecule has 2 N–H and O–H groups in total. The monoisotopic (exact) mass is 233 g/mol. The maximum Gasteiger partial charge on any atom is 0.403 e. The summed E-state index contributed by atoms with van der Waals surface area (Å²) < 4.78 is 48.6. The molecule has 0 spiro atoms. The fraction of sp³-hybridized carbons (Fsp3) is 0.273. The van der Waals surface area contributed by atoms with Gasteiger partial charge in [0.1, 0.15) is 11.9 Å². The molecule has 1 aromatic rings. The minimum Gasteiger partial charge on any atom is -0.320 e. The molecule has 88 valence electrons. The molecule has 5 heteroatoms. The lowest BCUT2D eigenvalue weighted by Gasteiger charge is -2.12. The molecule has 0 saturated carbocycles. The normalized spacial score (nSPS) is 14.3. The average molecular weight is 233 g/mol. The van der Waals surface area contributed by atoms with Crippen molar-refractivity contribution in [2.75, 3.05) is 0 Å². The fourth-order valence-corrected chi connectivity index (χ4v) is 1.06. The maximum absolute atomic E-state index is 12.5. The molecule has 0 aliphatic carbocycles. The quantitative estimate of drug-likeness (QED) is 0.797. The predicted octanol–water partition coefficient (Wildman–Crippen LogP) is 3.12. The Bertz CT molecular complexity index is 353. The summed E-state index contributed by atoms with van der Waals surface area (Å²) in [6, 6.07) is 3.58. The van der Waals surface area contributed by atoms with Gasteiger partial charge in [0.25, 0.3) is 0 Å². The molecule has 0 saturated heterocycles. The molecular weight excluding hydrogens is 222 g/mol. The fourth-order valence-electron chi connectivity index (χ4n) is 1.06. The highest BCUT2D eigenvalue weighted by Crippen LogP contribution is 2.21. The van der Waals surface area contributed by atoms with Crippen LogP contribution in [-0.2, 0) is 0 Å². The first kappa shape index (κ1) is 12.7. The molecule has 0 radical (unpaired) electrons. The van der Waals surface area contributed by atoms with Crippen molar-refractivity contribution in [3.05, 3.63) is 41.7 Å². The van der Waals surface area contributed by atoms with Gasteiger partial charge >= 0.3 is 6.18 Å². The number of hydrogen-bond donors (Lipinski definition) is 1. The predicted molar refractivity (Wildman–Crippen MR) is 54.1 cm³/mol. The van der Waals surface area contributed by atoms with Crippen LogP contribution in [0.2, 0.25) is 0 Å². The van der Waals surface area contributed by atoms with Crippen molar-refractivity contribution >= 4 is 6.08 Å². The van der Waals surface area contributed by atoms with Gasteiger partial charge in [0.15, 0.2) is 0 Å². The molecule has 0 heterocycles. The number of alkyl halides is 3. The van der Waals surface area contributed by atoms with Crippen LogP contribution in [0.3, 0.4) is 0 Å². The van der Waals surface area contributed by atoms with E-state index in [1.54, 1.807) is 0 Å². The van der Waals surface area contributed by atoms with Crippen molar-refractivity contribution in [2.24, 2.45) is 5.73 Å². The van der Waals surface area contributed by atoms with Crippen LogP contribution in [-0.4, -0.2) is 12.2 Å². The largest absolute Gasteiger partial charge is 0.403 e. The zero-order valence-electron chi connectivity index (χ0n) is 8.34. The second kappa shape index (κ2) is 5.12. The Morgan fingerprint density at radius 1 is 1.19 bits per heavy atom. The summed E-state index contributed by atoms with van der Waals surface area (Å²) in [5.74, 6) is -0.385. The number of hydrogen-bond acceptors (Lipinski definition) is 1. The van der Waals surface area contributed by atoms with Gasteiger partial charge < -0.3 is 5.73 Å². The molecule has 0 aromatic heterocycles. The average Bonchev–Trinajstić information content (AvgIpc) is 2.19. The van der Waals surface area contributed by atoms with Crippen molar-refractivity contribution in [3.8, 4) is 0 Å². The highest BCUT2D eigenvalue weighted by molar-refractivity contribution is 5.48. The van der Waals surface area contributed by atoms with Crippen LogP contribution < -0.4 is 5.73 Å². The van der Waals surface area contributed by atoms with Gasteiger partial charge in [-0.15, -0.1) is 0 Å². The van der Waals surface area contributed by atoms with Gasteiger partial charge in [-0.3, -0.25) is 0 Å². The van der Waals surface area contributed by atoms with Crippen LogP contribution in [0.4, 0.5) is 17.6 Å². The van der Waals surface area contributed by atoms with Crippen LogP contribution in [0.15, 0.2) is 30.3 Å². The Kier molecular flexibility index (Phi) is 4.06. The summed E-state index contributed by atoms with van der Waals surface area (Å²) >= 11 is 0. The van der Waals surface area contributed by atoms with Crippen LogP contribution in [0.5, 0.6) is 0 Å². The molecule has 16 heavy (non-hydrogen) atoms. The Morgan fingerprint density at radius 3 is 2.25 bits per heavy atom. The van der Waals surface area contributed by atoms with Crippen molar-refractivity contribution < 1.29 is 17.6 Å². The van der Waals surface area contributed by atoms with Crippen LogP contribution >= 0.6 is 0 Å². The number of rotatable bonds is 3. The zero-order valence-corrected chi connectivity index (χ0v) is 8.34. The van der Waals surface area contributed by atoms with E-state index in [0.717, 1.165) is 0 Å². The van der Waals surface area contributed by atoms with Gasteiger partial charge in [0.2, 0.25) is 0 Å². The molecule has 1 unspecified atom stereocenters. The summed E-state index contributed by atoms with van der Waals surface area (Å²) in [7, 11) is 0. The third-order valence-electron chi connectivity index (χ3n) is 1.99. The van der Waals surface area contributed by atoms with Gasteiger partial charge in [-0.05, 0) is 24.1 Å². The molecule has 1 rings (SSSR count). The van der Waals surface area contributed by atoms with E-state index in [1.807, 2.05) is 0 Å². The van der Waals surface area contributed by atoms with E-state index < -0.39 is 12.2 Å². The number of halogens is 4. The third-order valence-corrected chi connectivity index (χ3v) is 1.99. The van der Waals surface area contributed by atoms with Crippen molar-refractivity contribution in [3.63, 3.8) is 0 Å². The molecule has 0 bridgehead atoms. The first-order valence-electron chi connectivity index (χ1n) is 4.64. The van der Waals surface area contributed by atoms with Crippen molar-refractivity contribution in [2.45, 2.75) is 18.6 Å². The molecule has 1 nitrogen and oxygen atoms in total. The van der Waals surface area contributed by atoms with Gasteiger partial charge in [-0.25, -0.2) is 4.39 Å². The Labute approximate surface area is 90.6 Å². The minimum atomic E-state index is -4.38. The van der Waals surface area contributed by atoms with Crippen molar-refractivity contribution in [1.82, 2.24) is 0 Å². The van der Waals surface area contributed by atoms with Crippen LogP contribution in [0.25, 0.3) is 6.08 Å². The maximum atomic E-state index is 12.5. The minimum absolute atomic E-state index is 0.291. The molecule has 0 fully saturated rings.